The predicted octanol–water partition coefficient (Wildman–Crippen LogP) is 0.986. The van der Waals surface area contributed by atoms with Crippen molar-refractivity contribution in [1.29, 1.82) is 0 Å². The number of carbonyl (C=O) groups is 2. The molecule has 2 aromatic rings. The zero-order valence-electron chi connectivity index (χ0n) is 16.2. The van der Waals surface area contributed by atoms with Crippen LogP contribution in [0.4, 0.5) is 5.82 Å². The van der Waals surface area contributed by atoms with E-state index in [2.05, 4.69) is 15.1 Å². The van der Waals surface area contributed by atoms with Gasteiger partial charge in [-0.25, -0.2) is 9.67 Å². The Morgan fingerprint density at radius 3 is 2.54 bits per heavy atom. The van der Waals surface area contributed by atoms with Crippen LogP contribution in [0.1, 0.15) is 18.4 Å². The highest BCUT2D eigenvalue weighted by atomic mass is 16.1. The van der Waals surface area contributed by atoms with Gasteiger partial charge in [0.1, 0.15) is 18.4 Å². The molecule has 0 aliphatic rings. The first-order valence-electron chi connectivity index (χ1n) is 8.73. The molecule has 1 heterocycles. The van der Waals surface area contributed by atoms with Gasteiger partial charge in [0.15, 0.2) is 5.84 Å². The van der Waals surface area contributed by atoms with E-state index in [9.17, 15) is 9.59 Å². The molecule has 2 rings (SSSR count). The predicted molar refractivity (Wildman–Crippen MR) is 111 cm³/mol. The minimum atomic E-state index is -0.749. The molecule has 0 aliphatic carbocycles. The van der Waals surface area contributed by atoms with Gasteiger partial charge in [0.25, 0.3) is 5.91 Å². The highest BCUT2D eigenvalue weighted by Crippen LogP contribution is 2.10. The Morgan fingerprint density at radius 2 is 1.93 bits per heavy atom. The molecule has 0 fully saturated rings. The number of anilines is 1. The molecule has 0 atom stereocenters. The van der Waals surface area contributed by atoms with E-state index in [1.165, 1.54) is 6.34 Å². The van der Waals surface area contributed by atoms with E-state index in [0.29, 0.717) is 13.0 Å². The number of amides is 1. The Hall–Kier alpha value is -3.49. The third kappa shape index (κ3) is 8.75. The number of aromatic nitrogens is 2. The molecule has 9 nitrogen and oxygen atoms in total. The molecular formula is C19H27N7O2. The van der Waals surface area contributed by atoms with Gasteiger partial charge in [-0.1, -0.05) is 30.3 Å². The van der Waals surface area contributed by atoms with E-state index in [-0.39, 0.29) is 5.84 Å². The van der Waals surface area contributed by atoms with Crippen molar-refractivity contribution in [2.24, 2.45) is 21.5 Å². The lowest BCUT2D eigenvalue weighted by Gasteiger charge is -2.13. The van der Waals surface area contributed by atoms with Gasteiger partial charge in [-0.05, 0) is 12.0 Å². The minimum Gasteiger partial charge on any atom is -0.379 e. The second-order valence-electron chi connectivity index (χ2n) is 5.94. The van der Waals surface area contributed by atoms with Crippen LogP contribution in [0.15, 0.2) is 52.6 Å². The summed E-state index contributed by atoms with van der Waals surface area (Å²) in [5, 5.41) is 4.17. The van der Waals surface area contributed by atoms with Gasteiger partial charge < -0.3 is 21.2 Å². The summed E-state index contributed by atoms with van der Waals surface area (Å²) in [6.07, 6.45) is 5.40. The molecule has 0 radical (unpaired) electrons. The van der Waals surface area contributed by atoms with Crippen LogP contribution in [0, 0.1) is 0 Å². The van der Waals surface area contributed by atoms with Crippen molar-refractivity contribution < 1.29 is 9.59 Å². The number of aryl methyl sites for hydroxylation is 1. The van der Waals surface area contributed by atoms with E-state index >= 15 is 0 Å². The fourth-order valence-corrected chi connectivity index (χ4v) is 2.10. The zero-order chi connectivity index (χ0) is 20.8. The highest BCUT2D eigenvalue weighted by Gasteiger charge is 2.02. The largest absolute Gasteiger partial charge is 0.379 e. The number of amidine groups is 1. The molecule has 0 unspecified atom stereocenters. The normalized spacial score (nSPS) is 11.0. The maximum Gasteiger partial charge on any atom is 0.283 e. The van der Waals surface area contributed by atoms with E-state index in [1.54, 1.807) is 6.20 Å². The molecule has 0 aliphatic heterocycles. The number of primary amides is 1. The van der Waals surface area contributed by atoms with E-state index in [0.717, 1.165) is 30.6 Å². The Labute approximate surface area is 164 Å². The van der Waals surface area contributed by atoms with Crippen molar-refractivity contribution in [3.05, 3.63) is 48.2 Å². The molecule has 1 aromatic carbocycles. The van der Waals surface area contributed by atoms with Crippen LogP contribution in [-0.2, 0) is 22.7 Å². The molecule has 150 valence electrons. The number of benzene rings is 1. The van der Waals surface area contributed by atoms with E-state index in [1.807, 2.05) is 60.1 Å². The first-order valence-corrected chi connectivity index (χ1v) is 8.73. The van der Waals surface area contributed by atoms with Crippen LogP contribution in [0.25, 0.3) is 0 Å². The summed E-state index contributed by atoms with van der Waals surface area (Å²) in [6.45, 7) is 1.30. The zero-order valence-corrected chi connectivity index (χ0v) is 16.2. The molecule has 4 N–H and O–H groups in total. The summed E-state index contributed by atoms with van der Waals surface area (Å²) in [5.74, 6) is 0.0823. The van der Waals surface area contributed by atoms with E-state index in [4.69, 9.17) is 11.5 Å². The molecule has 28 heavy (non-hydrogen) atoms. The van der Waals surface area contributed by atoms with Crippen molar-refractivity contribution >= 4 is 30.2 Å². The Morgan fingerprint density at radius 1 is 1.21 bits per heavy atom. The minimum absolute atomic E-state index is 0.244. The summed E-state index contributed by atoms with van der Waals surface area (Å²) in [5.41, 5.74) is 11.1. The number of unbranched alkanes of at least 4 members (excludes halogenated alkanes) is 1. The standard InChI is InChI=1S/C10H12N4O.C9H15N3O/c11-9(10(12)15)14-7-13-6-8-4-2-1-3-5-8;1-11(2)9-5-6-10-12(9)7-3-4-8-13/h1-5,7H,6H2,(H2,12,15)(H2,11,13,14);5-6,8H,3-4,7H2,1-2H3. The van der Waals surface area contributed by atoms with Crippen LogP contribution in [0.5, 0.6) is 0 Å². The van der Waals surface area contributed by atoms with Crippen molar-refractivity contribution in [2.75, 3.05) is 19.0 Å². The molecule has 0 saturated heterocycles. The molecule has 1 amide bonds. The van der Waals surface area contributed by atoms with Crippen molar-refractivity contribution in [2.45, 2.75) is 25.9 Å². The number of nitrogens with two attached hydrogens (primary N) is 2. The SMILES string of the molecule is CN(C)c1ccnn1CCCC=O.NC(=O)C(N)=NC=NCc1ccccc1. The Balaban J connectivity index is 0.000000283. The first-order chi connectivity index (χ1) is 13.5. The van der Waals surface area contributed by atoms with Gasteiger partial charge in [0.05, 0.1) is 12.7 Å². The quantitative estimate of drug-likeness (QED) is 0.303. The van der Waals surface area contributed by atoms with Crippen LogP contribution >= 0.6 is 0 Å². The first kappa shape index (κ1) is 22.6. The van der Waals surface area contributed by atoms with Gasteiger partial charge in [0, 0.05) is 33.1 Å². The second-order valence-corrected chi connectivity index (χ2v) is 5.94. The number of aliphatic imine (C=N–C) groups is 2. The summed E-state index contributed by atoms with van der Waals surface area (Å²) in [7, 11) is 3.96. The Kier molecular flexibility index (Phi) is 10.3. The number of nitrogens with zero attached hydrogens (tertiary/aromatic N) is 5. The molecule has 9 heteroatoms. The fraction of sp³-hybridized carbons (Fsp3) is 0.316. The maximum atomic E-state index is 10.5. The number of aldehydes is 1. The molecular weight excluding hydrogens is 358 g/mol. The summed E-state index contributed by atoms with van der Waals surface area (Å²) < 4.78 is 1.91. The average Bonchev–Trinajstić information content (AvgIpc) is 3.15. The van der Waals surface area contributed by atoms with E-state index < -0.39 is 5.91 Å². The van der Waals surface area contributed by atoms with Crippen LogP contribution in [-0.4, -0.2) is 48.2 Å². The molecule has 0 spiro atoms. The summed E-state index contributed by atoms with van der Waals surface area (Å²) in [4.78, 5) is 30.1. The molecule has 0 saturated carbocycles. The summed E-state index contributed by atoms with van der Waals surface area (Å²) >= 11 is 0. The smallest absolute Gasteiger partial charge is 0.283 e. The Bertz CT molecular complexity index is 783. The van der Waals surface area contributed by atoms with Gasteiger partial charge in [-0.3, -0.25) is 9.79 Å². The fourth-order valence-electron chi connectivity index (χ4n) is 2.10. The molecule has 1 aromatic heterocycles. The number of hydrogen-bond acceptors (Lipinski definition) is 5. The van der Waals surface area contributed by atoms with Crippen molar-refractivity contribution in [3.63, 3.8) is 0 Å². The molecule has 0 bridgehead atoms. The lowest BCUT2D eigenvalue weighted by atomic mass is 10.2. The number of hydrogen-bond donors (Lipinski definition) is 2. The third-order valence-electron chi connectivity index (χ3n) is 3.49. The summed E-state index contributed by atoms with van der Waals surface area (Å²) in [6, 6.07) is 11.6. The van der Waals surface area contributed by atoms with Crippen LogP contribution in [0.2, 0.25) is 0 Å². The highest BCUT2D eigenvalue weighted by molar-refractivity contribution is 6.37. The number of rotatable bonds is 8. The lowest BCUT2D eigenvalue weighted by molar-refractivity contribution is -0.112. The van der Waals surface area contributed by atoms with Gasteiger partial charge in [0.2, 0.25) is 0 Å². The van der Waals surface area contributed by atoms with Gasteiger partial charge in [-0.15, -0.1) is 0 Å². The lowest BCUT2D eigenvalue weighted by Crippen LogP contribution is -2.30. The van der Waals surface area contributed by atoms with Crippen LogP contribution in [0.3, 0.4) is 0 Å². The monoisotopic (exact) mass is 385 g/mol. The van der Waals surface area contributed by atoms with Crippen molar-refractivity contribution in [1.82, 2.24) is 9.78 Å². The van der Waals surface area contributed by atoms with Gasteiger partial charge in [-0.2, -0.15) is 5.10 Å². The topological polar surface area (TPSA) is 132 Å². The number of carbonyl (C=O) groups excluding carboxylic acids is 2. The second kappa shape index (κ2) is 12.8. The third-order valence-corrected chi connectivity index (χ3v) is 3.49. The van der Waals surface area contributed by atoms with Gasteiger partial charge >= 0.3 is 0 Å². The average molecular weight is 385 g/mol. The van der Waals surface area contributed by atoms with Crippen LogP contribution < -0.4 is 16.4 Å². The maximum absolute atomic E-state index is 10.5. The van der Waals surface area contributed by atoms with Crippen molar-refractivity contribution in [3.8, 4) is 0 Å².